The lowest BCUT2D eigenvalue weighted by atomic mass is 10.1. The molecule has 16 heavy (non-hydrogen) atoms. The molecule has 0 saturated carbocycles. The van der Waals surface area contributed by atoms with E-state index in [2.05, 4.69) is 4.74 Å². The van der Waals surface area contributed by atoms with Gasteiger partial charge in [0.1, 0.15) is 6.04 Å². The van der Waals surface area contributed by atoms with Crippen molar-refractivity contribution in [1.82, 2.24) is 0 Å². The summed E-state index contributed by atoms with van der Waals surface area (Å²) in [7, 11) is 0. The third-order valence-electron chi connectivity index (χ3n) is 1.94. The molecule has 5 heteroatoms. The Morgan fingerprint density at radius 2 is 1.94 bits per heavy atom. The highest BCUT2D eigenvalue weighted by molar-refractivity contribution is 5.79. The second-order valence-corrected chi connectivity index (χ2v) is 3.30. The van der Waals surface area contributed by atoms with Crippen molar-refractivity contribution in [2.75, 3.05) is 6.61 Å². The molecule has 0 saturated heterocycles. The minimum Gasteiger partial charge on any atom is -0.479 e. The van der Waals surface area contributed by atoms with Crippen LogP contribution in [0.15, 0.2) is 30.3 Å². The van der Waals surface area contributed by atoms with E-state index in [4.69, 9.17) is 10.8 Å². The molecule has 0 radical (unpaired) electrons. The first-order valence-corrected chi connectivity index (χ1v) is 4.77. The highest BCUT2D eigenvalue weighted by atomic mass is 16.5. The molecule has 0 aliphatic carbocycles. The standard InChI is InChI=1S/C11H13NO4/c12-9(11(15)16-7-10(13)14)6-8-4-2-1-3-5-8/h1-5,9H,6-7,12H2,(H,13,14)/t9-/m0/s1. The summed E-state index contributed by atoms with van der Waals surface area (Å²) in [6, 6.07) is 8.38. The van der Waals surface area contributed by atoms with Gasteiger partial charge in [-0.3, -0.25) is 4.79 Å². The molecule has 86 valence electrons. The van der Waals surface area contributed by atoms with Crippen LogP contribution in [0.2, 0.25) is 0 Å². The monoisotopic (exact) mass is 223 g/mol. The molecular formula is C11H13NO4. The minimum atomic E-state index is -1.19. The number of aliphatic carboxylic acids is 1. The molecule has 1 atom stereocenters. The van der Waals surface area contributed by atoms with E-state index in [9.17, 15) is 9.59 Å². The van der Waals surface area contributed by atoms with Crippen LogP contribution >= 0.6 is 0 Å². The fourth-order valence-corrected chi connectivity index (χ4v) is 1.19. The van der Waals surface area contributed by atoms with Crippen molar-refractivity contribution in [3.63, 3.8) is 0 Å². The zero-order valence-electron chi connectivity index (χ0n) is 8.63. The molecule has 0 aliphatic heterocycles. The van der Waals surface area contributed by atoms with E-state index in [-0.39, 0.29) is 0 Å². The van der Waals surface area contributed by atoms with Gasteiger partial charge in [-0.2, -0.15) is 0 Å². The van der Waals surface area contributed by atoms with Gasteiger partial charge < -0.3 is 15.6 Å². The maximum atomic E-state index is 11.2. The molecule has 0 unspecified atom stereocenters. The van der Waals surface area contributed by atoms with E-state index in [1.165, 1.54) is 0 Å². The second-order valence-electron chi connectivity index (χ2n) is 3.30. The Labute approximate surface area is 92.8 Å². The summed E-state index contributed by atoms with van der Waals surface area (Å²) >= 11 is 0. The Morgan fingerprint density at radius 1 is 1.31 bits per heavy atom. The predicted octanol–water partition coefficient (Wildman–Crippen LogP) is 0.184. The van der Waals surface area contributed by atoms with Gasteiger partial charge in [0.05, 0.1) is 0 Å². The number of hydrogen-bond donors (Lipinski definition) is 2. The smallest absolute Gasteiger partial charge is 0.341 e. The van der Waals surface area contributed by atoms with Gasteiger partial charge in [-0.15, -0.1) is 0 Å². The number of carboxylic acid groups (broad SMARTS) is 1. The Morgan fingerprint density at radius 3 is 2.50 bits per heavy atom. The molecule has 0 heterocycles. The van der Waals surface area contributed by atoms with Crippen molar-refractivity contribution < 1.29 is 19.4 Å². The van der Waals surface area contributed by atoms with E-state index in [0.29, 0.717) is 6.42 Å². The molecule has 5 nitrogen and oxygen atoms in total. The van der Waals surface area contributed by atoms with Crippen LogP contribution in [0.3, 0.4) is 0 Å². The Balaban J connectivity index is 2.43. The molecule has 1 rings (SSSR count). The first kappa shape index (κ1) is 12.2. The van der Waals surface area contributed by atoms with Crippen molar-refractivity contribution in [2.24, 2.45) is 5.73 Å². The highest BCUT2D eigenvalue weighted by Crippen LogP contribution is 2.02. The Hall–Kier alpha value is -1.88. The topological polar surface area (TPSA) is 89.6 Å². The lowest BCUT2D eigenvalue weighted by Gasteiger charge is -2.10. The van der Waals surface area contributed by atoms with Crippen molar-refractivity contribution in [3.8, 4) is 0 Å². The molecule has 0 fully saturated rings. The number of carbonyl (C=O) groups is 2. The third-order valence-corrected chi connectivity index (χ3v) is 1.94. The van der Waals surface area contributed by atoms with Crippen LogP contribution in [0, 0.1) is 0 Å². The van der Waals surface area contributed by atoms with Gasteiger partial charge in [0, 0.05) is 0 Å². The molecule has 0 aliphatic rings. The summed E-state index contributed by atoms with van der Waals surface area (Å²) in [5.74, 6) is -1.90. The molecule has 3 N–H and O–H groups in total. The van der Waals surface area contributed by atoms with Crippen LogP contribution in [0.25, 0.3) is 0 Å². The van der Waals surface area contributed by atoms with E-state index in [1.54, 1.807) is 0 Å². The molecule has 0 aromatic heterocycles. The van der Waals surface area contributed by atoms with Crippen LogP contribution in [0.1, 0.15) is 5.56 Å². The SMILES string of the molecule is N[C@@H](Cc1ccccc1)C(=O)OCC(=O)O. The van der Waals surface area contributed by atoms with Gasteiger partial charge in [-0.25, -0.2) is 4.79 Å². The third kappa shape index (κ3) is 4.10. The average molecular weight is 223 g/mol. The van der Waals surface area contributed by atoms with Gasteiger partial charge in [0.15, 0.2) is 6.61 Å². The predicted molar refractivity (Wildman–Crippen MR) is 56.7 cm³/mol. The van der Waals surface area contributed by atoms with Gasteiger partial charge >= 0.3 is 11.9 Å². The quantitative estimate of drug-likeness (QED) is 0.695. The maximum Gasteiger partial charge on any atom is 0.341 e. The number of esters is 1. The van der Waals surface area contributed by atoms with Crippen LogP contribution < -0.4 is 5.73 Å². The number of hydrogen-bond acceptors (Lipinski definition) is 4. The summed E-state index contributed by atoms with van der Waals surface area (Å²) in [6.45, 7) is -0.651. The summed E-state index contributed by atoms with van der Waals surface area (Å²) in [6.07, 6.45) is 0.333. The van der Waals surface area contributed by atoms with E-state index < -0.39 is 24.6 Å². The number of carbonyl (C=O) groups excluding carboxylic acids is 1. The fourth-order valence-electron chi connectivity index (χ4n) is 1.19. The van der Waals surface area contributed by atoms with Crippen molar-refractivity contribution in [1.29, 1.82) is 0 Å². The van der Waals surface area contributed by atoms with E-state index >= 15 is 0 Å². The van der Waals surface area contributed by atoms with Gasteiger partial charge in [-0.1, -0.05) is 30.3 Å². The number of ether oxygens (including phenoxy) is 1. The number of rotatable bonds is 5. The first-order chi connectivity index (χ1) is 7.59. The fraction of sp³-hybridized carbons (Fsp3) is 0.273. The molecule has 1 aromatic rings. The highest BCUT2D eigenvalue weighted by Gasteiger charge is 2.16. The number of carboxylic acids is 1. The van der Waals surface area contributed by atoms with Crippen molar-refractivity contribution in [3.05, 3.63) is 35.9 Å². The van der Waals surface area contributed by atoms with Gasteiger partial charge in [0.25, 0.3) is 0 Å². The van der Waals surface area contributed by atoms with Gasteiger partial charge in [-0.05, 0) is 12.0 Å². The maximum absolute atomic E-state index is 11.2. The van der Waals surface area contributed by atoms with E-state index in [1.807, 2.05) is 30.3 Å². The van der Waals surface area contributed by atoms with Crippen molar-refractivity contribution in [2.45, 2.75) is 12.5 Å². The van der Waals surface area contributed by atoms with Crippen LogP contribution in [-0.4, -0.2) is 29.7 Å². The average Bonchev–Trinajstić information content (AvgIpc) is 2.27. The second kappa shape index (κ2) is 5.87. The van der Waals surface area contributed by atoms with Crippen LogP contribution in [-0.2, 0) is 20.7 Å². The Kier molecular flexibility index (Phi) is 4.47. The lowest BCUT2D eigenvalue weighted by Crippen LogP contribution is -2.35. The minimum absolute atomic E-state index is 0.333. The zero-order valence-corrected chi connectivity index (χ0v) is 8.63. The molecule has 1 aromatic carbocycles. The largest absolute Gasteiger partial charge is 0.479 e. The van der Waals surface area contributed by atoms with Crippen LogP contribution in [0.5, 0.6) is 0 Å². The number of benzene rings is 1. The summed E-state index contributed by atoms with van der Waals surface area (Å²) < 4.78 is 4.47. The van der Waals surface area contributed by atoms with E-state index in [0.717, 1.165) is 5.56 Å². The molecular weight excluding hydrogens is 210 g/mol. The normalized spacial score (nSPS) is 11.8. The Bertz CT molecular complexity index is 364. The molecule has 0 spiro atoms. The first-order valence-electron chi connectivity index (χ1n) is 4.77. The summed E-state index contributed by atoms with van der Waals surface area (Å²) in [5.41, 5.74) is 6.47. The van der Waals surface area contributed by atoms with Crippen LogP contribution in [0.4, 0.5) is 0 Å². The summed E-state index contributed by atoms with van der Waals surface area (Å²) in [5, 5.41) is 8.32. The molecule has 0 amide bonds. The number of nitrogens with two attached hydrogens (primary N) is 1. The lowest BCUT2D eigenvalue weighted by molar-refractivity contribution is -0.155. The molecule has 0 bridgehead atoms. The van der Waals surface area contributed by atoms with Gasteiger partial charge in [0.2, 0.25) is 0 Å². The zero-order chi connectivity index (χ0) is 12.0. The van der Waals surface area contributed by atoms with Crippen molar-refractivity contribution >= 4 is 11.9 Å². The summed E-state index contributed by atoms with van der Waals surface area (Å²) in [4.78, 5) is 21.4.